The molecule has 11 heteroatoms. The van der Waals surface area contributed by atoms with E-state index in [0.717, 1.165) is 23.3 Å². The molecule has 0 bridgehead atoms. The lowest BCUT2D eigenvalue weighted by Gasteiger charge is -2.29. The summed E-state index contributed by atoms with van der Waals surface area (Å²) in [6, 6.07) is 3.01. The molecule has 172 valence electrons. The molecule has 0 aliphatic rings. The average molecular weight is 452 g/mol. The summed E-state index contributed by atoms with van der Waals surface area (Å²) in [5.41, 5.74) is 1.86. The Balaban J connectivity index is 2.14. The van der Waals surface area contributed by atoms with Gasteiger partial charge < -0.3 is 5.11 Å². The Morgan fingerprint density at radius 3 is 2.28 bits per heavy atom. The van der Waals surface area contributed by atoms with Crippen molar-refractivity contribution in [1.82, 2.24) is 20.4 Å². The van der Waals surface area contributed by atoms with Crippen LogP contribution in [0.15, 0.2) is 42.9 Å². The smallest absolute Gasteiger partial charge is 0.416 e. The van der Waals surface area contributed by atoms with Crippen LogP contribution >= 0.6 is 0 Å². The molecule has 2 aromatic rings. The van der Waals surface area contributed by atoms with Crippen LogP contribution in [0.5, 0.6) is 0 Å². The molecule has 1 unspecified atom stereocenters. The van der Waals surface area contributed by atoms with Gasteiger partial charge >= 0.3 is 12.1 Å². The normalized spacial score (nSPS) is 12.3. The highest BCUT2D eigenvalue weighted by Gasteiger charge is 2.33. The van der Waals surface area contributed by atoms with Crippen LogP contribution in [-0.2, 0) is 22.2 Å². The number of aromatic nitrogens is 2. The molecule has 0 saturated carbocycles. The zero-order valence-electron chi connectivity index (χ0n) is 17.5. The summed E-state index contributed by atoms with van der Waals surface area (Å²) in [6.45, 7) is 3.54. The molecule has 0 radical (unpaired) electrons. The second-order valence-corrected chi connectivity index (χ2v) is 7.48. The van der Waals surface area contributed by atoms with Crippen LogP contribution < -0.4 is 5.43 Å². The highest BCUT2D eigenvalue weighted by atomic mass is 19.4. The highest BCUT2D eigenvalue weighted by molar-refractivity contribution is 5.96. The maximum atomic E-state index is 12.9. The van der Waals surface area contributed by atoms with E-state index in [-0.39, 0.29) is 30.9 Å². The summed E-state index contributed by atoms with van der Waals surface area (Å²) in [6.07, 6.45) is -0.719. The monoisotopic (exact) mass is 452 g/mol. The van der Waals surface area contributed by atoms with Gasteiger partial charge in [0.2, 0.25) is 5.91 Å². The van der Waals surface area contributed by atoms with Crippen molar-refractivity contribution in [2.45, 2.75) is 45.3 Å². The van der Waals surface area contributed by atoms with Crippen LogP contribution in [-0.4, -0.2) is 43.9 Å². The number of nitrogens with one attached hydrogen (secondary N) is 1. The second-order valence-electron chi connectivity index (χ2n) is 7.48. The van der Waals surface area contributed by atoms with Gasteiger partial charge in [-0.3, -0.25) is 20.0 Å². The van der Waals surface area contributed by atoms with Crippen LogP contribution in [0.1, 0.15) is 48.3 Å². The van der Waals surface area contributed by atoms with Crippen LogP contribution in [0.25, 0.3) is 0 Å². The van der Waals surface area contributed by atoms with Crippen LogP contribution in [0.2, 0.25) is 0 Å². The second kappa shape index (κ2) is 10.7. The molecule has 8 nitrogen and oxygen atoms in total. The van der Waals surface area contributed by atoms with E-state index in [9.17, 15) is 32.7 Å². The largest absolute Gasteiger partial charge is 0.480 e. The Kier molecular flexibility index (Phi) is 8.27. The van der Waals surface area contributed by atoms with E-state index in [4.69, 9.17) is 0 Å². The average Bonchev–Trinajstić information content (AvgIpc) is 2.74. The van der Waals surface area contributed by atoms with Crippen LogP contribution in [0, 0.1) is 5.92 Å². The molecule has 1 aromatic heterocycles. The summed E-state index contributed by atoms with van der Waals surface area (Å²) < 4.78 is 38.0. The first-order chi connectivity index (χ1) is 15.0. The van der Waals surface area contributed by atoms with Gasteiger partial charge in [0.25, 0.3) is 5.91 Å². The number of amides is 2. The lowest BCUT2D eigenvalue weighted by Crippen LogP contribution is -2.55. The van der Waals surface area contributed by atoms with Crippen LogP contribution in [0.4, 0.5) is 13.2 Å². The Morgan fingerprint density at radius 1 is 1.12 bits per heavy atom. The topological polar surface area (TPSA) is 112 Å². The number of carboxylic acid groups (broad SMARTS) is 1. The van der Waals surface area contributed by atoms with Crippen molar-refractivity contribution in [3.05, 3.63) is 59.7 Å². The van der Waals surface area contributed by atoms with Crippen molar-refractivity contribution in [2.24, 2.45) is 5.92 Å². The molecule has 1 atom stereocenters. The number of rotatable bonds is 8. The Morgan fingerprint density at radius 2 is 1.78 bits per heavy atom. The number of benzene rings is 1. The number of nitrogens with zero attached hydrogens (tertiary/aromatic N) is 3. The fraction of sp³-hybridized carbons (Fsp3) is 0.381. The molecule has 0 aliphatic heterocycles. The number of aryl methyl sites for hydroxylation is 1. The minimum absolute atomic E-state index is 0.0700. The van der Waals surface area contributed by atoms with Crippen molar-refractivity contribution < 1.29 is 32.7 Å². The van der Waals surface area contributed by atoms with Gasteiger partial charge in [0, 0.05) is 18.8 Å². The van der Waals surface area contributed by atoms with Gasteiger partial charge in [0.05, 0.1) is 11.8 Å². The number of hydrogen-bond donors (Lipinski definition) is 2. The van der Waals surface area contributed by atoms with Gasteiger partial charge in [-0.15, -0.1) is 0 Å². The summed E-state index contributed by atoms with van der Waals surface area (Å²) >= 11 is 0. The van der Waals surface area contributed by atoms with E-state index in [0.29, 0.717) is 5.56 Å². The van der Waals surface area contributed by atoms with E-state index >= 15 is 0 Å². The number of hydrogen-bond acceptors (Lipinski definition) is 5. The number of aliphatic carboxylic acids is 1. The number of hydrazine groups is 1. The van der Waals surface area contributed by atoms with Gasteiger partial charge in [-0.2, -0.15) is 13.2 Å². The van der Waals surface area contributed by atoms with E-state index in [1.807, 2.05) is 0 Å². The zero-order valence-corrected chi connectivity index (χ0v) is 17.5. The maximum Gasteiger partial charge on any atom is 0.416 e. The molecule has 0 fully saturated rings. The van der Waals surface area contributed by atoms with Crippen LogP contribution in [0.3, 0.4) is 0 Å². The third-order valence-corrected chi connectivity index (χ3v) is 4.46. The molecule has 1 aromatic carbocycles. The van der Waals surface area contributed by atoms with Crippen molar-refractivity contribution >= 4 is 17.8 Å². The molecule has 2 rings (SSSR count). The fourth-order valence-corrected chi connectivity index (χ4v) is 2.87. The standard InChI is InChI=1S/C21H23F3N4O4/c1-13(2)11-17(20(31)32)28(19(30)16-12-25-9-10-26-16)27-18(29)8-5-14-3-6-15(7-4-14)21(22,23)24/h3-4,6-7,9-10,12-13,17H,5,8,11H2,1-2H3,(H,27,29)(H,31,32). The van der Waals surface area contributed by atoms with E-state index in [2.05, 4.69) is 15.4 Å². The van der Waals surface area contributed by atoms with Gasteiger partial charge in [-0.05, 0) is 36.5 Å². The van der Waals surface area contributed by atoms with Crippen molar-refractivity contribution in [3.63, 3.8) is 0 Å². The zero-order chi connectivity index (χ0) is 23.9. The Bertz CT molecular complexity index is 934. The van der Waals surface area contributed by atoms with E-state index in [1.54, 1.807) is 13.8 Å². The fourth-order valence-electron chi connectivity index (χ4n) is 2.87. The predicted molar refractivity (Wildman–Crippen MR) is 107 cm³/mol. The molecule has 0 spiro atoms. The lowest BCUT2D eigenvalue weighted by atomic mass is 10.0. The van der Waals surface area contributed by atoms with Crippen molar-refractivity contribution in [2.75, 3.05) is 0 Å². The summed E-state index contributed by atoms with van der Waals surface area (Å²) in [4.78, 5) is 44.8. The van der Waals surface area contributed by atoms with Gasteiger partial charge in [0.15, 0.2) is 6.04 Å². The van der Waals surface area contributed by atoms with Crippen molar-refractivity contribution in [1.29, 1.82) is 0 Å². The minimum Gasteiger partial charge on any atom is -0.480 e. The van der Waals surface area contributed by atoms with Gasteiger partial charge in [-0.1, -0.05) is 26.0 Å². The van der Waals surface area contributed by atoms with Gasteiger partial charge in [0.1, 0.15) is 5.69 Å². The van der Waals surface area contributed by atoms with Gasteiger partial charge in [-0.25, -0.2) is 14.8 Å². The summed E-state index contributed by atoms with van der Waals surface area (Å²) in [5.74, 6) is -2.91. The van der Waals surface area contributed by atoms with E-state index < -0.39 is 35.6 Å². The Hall–Kier alpha value is -3.50. The first-order valence-electron chi connectivity index (χ1n) is 9.77. The highest BCUT2D eigenvalue weighted by Crippen LogP contribution is 2.29. The molecular formula is C21H23F3N4O4. The number of alkyl halides is 3. The molecule has 0 aliphatic carbocycles. The first kappa shape index (κ1) is 24.8. The number of carbonyl (C=O) groups is 3. The first-order valence-corrected chi connectivity index (χ1v) is 9.77. The minimum atomic E-state index is -4.46. The van der Waals surface area contributed by atoms with Crippen molar-refractivity contribution in [3.8, 4) is 0 Å². The molecule has 1 heterocycles. The third-order valence-electron chi connectivity index (χ3n) is 4.46. The third kappa shape index (κ3) is 7.03. The number of carbonyl (C=O) groups excluding carboxylic acids is 2. The predicted octanol–water partition coefficient (Wildman–Crippen LogP) is 3.10. The SMILES string of the molecule is CC(C)CC(C(=O)O)N(NC(=O)CCc1ccc(C(F)(F)F)cc1)C(=O)c1cnccn1. The lowest BCUT2D eigenvalue weighted by molar-refractivity contribution is -0.145. The molecule has 2 N–H and O–H groups in total. The molecule has 2 amide bonds. The summed E-state index contributed by atoms with van der Waals surface area (Å²) in [5, 5.41) is 10.4. The summed E-state index contributed by atoms with van der Waals surface area (Å²) in [7, 11) is 0. The maximum absolute atomic E-state index is 12.9. The van der Waals surface area contributed by atoms with E-state index in [1.165, 1.54) is 24.5 Å². The number of carboxylic acids is 1. The molecule has 32 heavy (non-hydrogen) atoms. The Labute approximate surface area is 182 Å². The molecule has 0 saturated heterocycles. The quantitative estimate of drug-likeness (QED) is 0.596. The molecular weight excluding hydrogens is 429 g/mol. The number of halogens is 3.